The van der Waals surface area contributed by atoms with E-state index in [9.17, 15) is 4.79 Å². The van der Waals surface area contributed by atoms with Gasteiger partial charge in [-0.1, -0.05) is 5.92 Å². The summed E-state index contributed by atoms with van der Waals surface area (Å²) in [6.45, 7) is 13.4. The third-order valence-corrected chi connectivity index (χ3v) is 4.28. The van der Waals surface area contributed by atoms with Crippen molar-refractivity contribution >= 4 is 18.6 Å². The van der Waals surface area contributed by atoms with Gasteiger partial charge >= 0.3 is 13.1 Å². The van der Waals surface area contributed by atoms with Crippen LogP contribution >= 0.6 is 0 Å². The molecule has 0 saturated carbocycles. The Hall–Kier alpha value is -1.77. The average molecular weight is 328 g/mol. The Morgan fingerprint density at radius 1 is 1.12 bits per heavy atom. The van der Waals surface area contributed by atoms with Crippen LogP contribution in [0, 0.1) is 12.3 Å². The van der Waals surface area contributed by atoms with E-state index >= 15 is 0 Å². The average Bonchev–Trinajstić information content (AvgIpc) is 2.65. The van der Waals surface area contributed by atoms with Crippen molar-refractivity contribution < 1.29 is 18.8 Å². The van der Waals surface area contributed by atoms with E-state index in [1.807, 2.05) is 48.5 Å². The van der Waals surface area contributed by atoms with Gasteiger partial charge < -0.3 is 14.0 Å². The summed E-state index contributed by atoms with van der Waals surface area (Å²) in [5.74, 6) is 2.15. The number of carbonyl (C=O) groups is 1. The third-order valence-electron chi connectivity index (χ3n) is 4.28. The predicted molar refractivity (Wildman–Crippen MR) is 95.3 cm³/mol. The van der Waals surface area contributed by atoms with E-state index in [1.165, 1.54) is 0 Å². The van der Waals surface area contributed by atoms with E-state index in [1.54, 1.807) is 18.2 Å². The molecule has 1 aromatic rings. The number of rotatable bonds is 2. The highest BCUT2D eigenvalue weighted by Gasteiger charge is 2.51. The minimum atomic E-state index is -0.579. The highest BCUT2D eigenvalue weighted by atomic mass is 16.7. The summed E-state index contributed by atoms with van der Waals surface area (Å²) in [4.78, 5) is 12.4. The van der Waals surface area contributed by atoms with Gasteiger partial charge in [0.15, 0.2) is 0 Å². The van der Waals surface area contributed by atoms with Crippen LogP contribution in [0.25, 0.3) is 0 Å². The molecule has 0 aromatic heterocycles. The van der Waals surface area contributed by atoms with Crippen molar-refractivity contribution in [2.75, 3.05) is 0 Å². The van der Waals surface area contributed by atoms with Crippen LogP contribution in [0.15, 0.2) is 18.2 Å². The Kier molecular flexibility index (Phi) is 4.60. The highest BCUT2D eigenvalue weighted by molar-refractivity contribution is 6.62. The largest absolute Gasteiger partial charge is 0.494 e. The van der Waals surface area contributed by atoms with Crippen LogP contribution < -0.4 is 5.46 Å². The lowest BCUT2D eigenvalue weighted by Gasteiger charge is -2.32. The van der Waals surface area contributed by atoms with Crippen LogP contribution in [0.5, 0.6) is 0 Å². The monoisotopic (exact) mass is 328 g/mol. The fraction of sp³-hybridized carbons (Fsp3) is 0.526. The molecule has 0 unspecified atom stereocenters. The van der Waals surface area contributed by atoms with Crippen molar-refractivity contribution in [1.82, 2.24) is 0 Å². The topological polar surface area (TPSA) is 44.8 Å². The molecule has 1 aromatic carbocycles. The van der Waals surface area contributed by atoms with Crippen LogP contribution in [-0.4, -0.2) is 29.9 Å². The number of ether oxygens (including phenoxy) is 1. The molecule has 1 aliphatic rings. The molecule has 1 aliphatic heterocycles. The van der Waals surface area contributed by atoms with Gasteiger partial charge in [-0.25, -0.2) is 4.79 Å². The first kappa shape index (κ1) is 18.6. The van der Waals surface area contributed by atoms with Crippen molar-refractivity contribution in [2.24, 2.45) is 0 Å². The first-order chi connectivity index (χ1) is 10.8. The van der Waals surface area contributed by atoms with Crippen molar-refractivity contribution in [2.45, 2.75) is 65.3 Å². The predicted octanol–water partition coefficient (Wildman–Crippen LogP) is 2.92. The molecule has 0 N–H and O–H groups in total. The summed E-state index contributed by atoms with van der Waals surface area (Å²) in [7, 11) is -0.579. The molecule has 24 heavy (non-hydrogen) atoms. The second-order valence-corrected chi connectivity index (χ2v) is 8.08. The Morgan fingerprint density at radius 2 is 1.67 bits per heavy atom. The van der Waals surface area contributed by atoms with Gasteiger partial charge in [0, 0.05) is 5.56 Å². The van der Waals surface area contributed by atoms with Crippen LogP contribution in [0.3, 0.4) is 0 Å². The SMILES string of the molecule is C#Cc1cc(B2OC(C)(C)C(C)(C)O2)cc(C(=O)OC(C)(C)C)c1. The lowest BCUT2D eigenvalue weighted by molar-refractivity contribution is 0.00578. The Morgan fingerprint density at radius 3 is 2.12 bits per heavy atom. The summed E-state index contributed by atoms with van der Waals surface area (Å²) in [5.41, 5.74) is 0.192. The summed E-state index contributed by atoms with van der Waals surface area (Å²) in [6, 6.07) is 5.16. The zero-order valence-corrected chi connectivity index (χ0v) is 15.5. The molecule has 1 fully saturated rings. The van der Waals surface area contributed by atoms with Gasteiger partial charge in [0.1, 0.15) is 5.60 Å². The van der Waals surface area contributed by atoms with E-state index in [0.29, 0.717) is 16.6 Å². The maximum Gasteiger partial charge on any atom is 0.494 e. The van der Waals surface area contributed by atoms with Gasteiger partial charge in [0.2, 0.25) is 0 Å². The first-order valence-corrected chi connectivity index (χ1v) is 8.05. The number of hydrogen-bond donors (Lipinski definition) is 0. The maximum atomic E-state index is 12.4. The number of terminal acetylenes is 1. The zero-order valence-electron chi connectivity index (χ0n) is 15.5. The minimum absolute atomic E-state index is 0.394. The minimum Gasteiger partial charge on any atom is -0.456 e. The zero-order chi connectivity index (χ0) is 18.3. The fourth-order valence-corrected chi connectivity index (χ4v) is 2.31. The second kappa shape index (κ2) is 5.95. The van der Waals surface area contributed by atoms with E-state index in [0.717, 1.165) is 0 Å². The summed E-state index contributed by atoms with van der Waals surface area (Å²) in [5, 5.41) is 0. The van der Waals surface area contributed by atoms with Gasteiger partial charge in [0.25, 0.3) is 0 Å². The van der Waals surface area contributed by atoms with E-state index < -0.39 is 29.9 Å². The molecule has 2 rings (SSSR count). The highest BCUT2D eigenvalue weighted by Crippen LogP contribution is 2.36. The van der Waals surface area contributed by atoms with Gasteiger partial charge in [-0.05, 0) is 72.1 Å². The molecule has 0 spiro atoms. The molecule has 0 amide bonds. The molecule has 0 bridgehead atoms. The molecular weight excluding hydrogens is 303 g/mol. The molecule has 0 aliphatic carbocycles. The Balaban J connectivity index is 2.38. The van der Waals surface area contributed by atoms with Crippen LogP contribution in [-0.2, 0) is 14.0 Å². The van der Waals surface area contributed by atoms with Crippen molar-refractivity contribution in [3.05, 3.63) is 29.3 Å². The quantitative estimate of drug-likeness (QED) is 0.476. The van der Waals surface area contributed by atoms with Gasteiger partial charge in [-0.2, -0.15) is 0 Å². The van der Waals surface area contributed by atoms with Crippen LogP contribution in [0.4, 0.5) is 0 Å². The molecule has 0 atom stereocenters. The van der Waals surface area contributed by atoms with Crippen LogP contribution in [0.2, 0.25) is 0 Å². The van der Waals surface area contributed by atoms with Crippen LogP contribution in [0.1, 0.15) is 64.4 Å². The Bertz CT molecular complexity index is 676. The van der Waals surface area contributed by atoms with E-state index in [2.05, 4.69) is 5.92 Å². The lowest BCUT2D eigenvalue weighted by Crippen LogP contribution is -2.41. The number of esters is 1. The summed E-state index contributed by atoms with van der Waals surface area (Å²) in [6.07, 6.45) is 5.54. The molecule has 1 saturated heterocycles. The molecular formula is C19H25BO4. The number of hydrogen-bond acceptors (Lipinski definition) is 4. The molecule has 0 radical (unpaired) electrons. The molecule has 128 valence electrons. The number of carbonyl (C=O) groups excluding carboxylic acids is 1. The molecule has 4 nitrogen and oxygen atoms in total. The fourth-order valence-electron chi connectivity index (χ4n) is 2.31. The third kappa shape index (κ3) is 3.83. The van der Waals surface area contributed by atoms with Crippen molar-refractivity contribution in [3.8, 4) is 12.3 Å². The van der Waals surface area contributed by atoms with E-state index in [-0.39, 0.29) is 0 Å². The number of benzene rings is 1. The first-order valence-electron chi connectivity index (χ1n) is 8.05. The molecule has 5 heteroatoms. The van der Waals surface area contributed by atoms with Gasteiger partial charge in [-0.3, -0.25) is 0 Å². The van der Waals surface area contributed by atoms with Crippen molar-refractivity contribution in [1.29, 1.82) is 0 Å². The molecule has 1 heterocycles. The van der Waals surface area contributed by atoms with E-state index in [4.69, 9.17) is 20.5 Å². The Labute approximate surface area is 145 Å². The second-order valence-electron chi connectivity index (χ2n) is 8.08. The van der Waals surface area contributed by atoms with Gasteiger partial charge in [0.05, 0.1) is 16.8 Å². The smallest absolute Gasteiger partial charge is 0.456 e. The summed E-state index contributed by atoms with van der Waals surface area (Å²) < 4.78 is 17.5. The normalized spacial score (nSPS) is 19.0. The summed E-state index contributed by atoms with van der Waals surface area (Å²) >= 11 is 0. The lowest BCUT2D eigenvalue weighted by atomic mass is 9.77. The van der Waals surface area contributed by atoms with Gasteiger partial charge in [-0.15, -0.1) is 6.42 Å². The standard InChI is InChI=1S/C19H25BO4/c1-9-13-10-14(16(21)22-17(2,3)4)12-15(11-13)20-23-18(5,6)19(7,8)24-20/h1,10-12H,2-8H3. The maximum absolute atomic E-state index is 12.4. The van der Waals surface area contributed by atoms with Crippen molar-refractivity contribution in [3.63, 3.8) is 0 Å².